The molecule has 0 spiro atoms. The van der Waals surface area contributed by atoms with E-state index in [9.17, 15) is 0 Å². The van der Waals surface area contributed by atoms with Gasteiger partial charge in [-0.2, -0.15) is 0 Å². The number of rotatable bonds is 7. The Morgan fingerprint density at radius 2 is 1.16 bits per heavy atom. The van der Waals surface area contributed by atoms with E-state index in [4.69, 9.17) is 0 Å². The number of nitrogens with zero attached hydrogens (tertiary/aromatic N) is 2. The lowest BCUT2D eigenvalue weighted by Gasteiger charge is -2.13. The van der Waals surface area contributed by atoms with Crippen LogP contribution in [-0.4, -0.2) is 9.13 Å². The van der Waals surface area contributed by atoms with Crippen molar-refractivity contribution >= 4 is 50.8 Å². The maximum absolute atomic E-state index is 4.19. The third kappa shape index (κ3) is 7.61. The predicted molar refractivity (Wildman–Crippen MR) is 231 cm³/mol. The van der Waals surface area contributed by atoms with E-state index in [1.54, 1.807) is 6.08 Å². The van der Waals surface area contributed by atoms with Gasteiger partial charge >= 0.3 is 0 Å². The molecule has 0 N–H and O–H groups in total. The van der Waals surface area contributed by atoms with Gasteiger partial charge in [0, 0.05) is 33.4 Å². The molecule has 2 nitrogen and oxygen atoms in total. The summed E-state index contributed by atoms with van der Waals surface area (Å²) in [5, 5.41) is 4.99. The molecule has 51 heavy (non-hydrogen) atoms. The molecule has 2 heterocycles. The molecule has 0 aliphatic heterocycles. The topological polar surface area (TPSA) is 9.86 Å². The first-order chi connectivity index (χ1) is 25.1. The minimum absolute atomic E-state index is 0.938. The van der Waals surface area contributed by atoms with Crippen molar-refractivity contribution in [3.63, 3.8) is 0 Å². The fraction of sp³-hybridized carbons (Fsp3) is 0.184. The van der Waals surface area contributed by atoms with Crippen LogP contribution in [0.2, 0.25) is 0 Å². The molecule has 0 fully saturated rings. The predicted octanol–water partition coefficient (Wildman–Crippen LogP) is 14.9. The van der Waals surface area contributed by atoms with E-state index < -0.39 is 0 Å². The zero-order valence-corrected chi connectivity index (χ0v) is 31.9. The number of para-hydroxylation sites is 1. The van der Waals surface area contributed by atoms with Gasteiger partial charge in [0.2, 0.25) is 0 Å². The van der Waals surface area contributed by atoms with Crippen molar-refractivity contribution in [3.8, 4) is 22.5 Å². The van der Waals surface area contributed by atoms with Crippen LogP contribution in [0.5, 0.6) is 0 Å². The summed E-state index contributed by atoms with van der Waals surface area (Å²) in [5.41, 5.74) is 12.0. The van der Waals surface area contributed by atoms with Gasteiger partial charge in [-0.25, -0.2) is 0 Å². The van der Waals surface area contributed by atoms with E-state index in [1.165, 1.54) is 66.2 Å². The molecule has 0 saturated heterocycles. The summed E-state index contributed by atoms with van der Waals surface area (Å²) in [6.45, 7) is 23.8. The molecule has 5 aromatic carbocycles. The number of hydrogen-bond donors (Lipinski definition) is 0. The zero-order valence-electron chi connectivity index (χ0n) is 31.9. The van der Waals surface area contributed by atoms with Gasteiger partial charge in [0.15, 0.2) is 0 Å². The monoisotopic (exact) mass is 670 g/mol. The third-order valence-electron chi connectivity index (χ3n) is 8.70. The van der Waals surface area contributed by atoms with Crippen LogP contribution < -0.4 is 0 Å². The van der Waals surface area contributed by atoms with Crippen molar-refractivity contribution in [1.29, 1.82) is 0 Å². The Hall–Kier alpha value is -5.60. The van der Waals surface area contributed by atoms with Gasteiger partial charge in [0.25, 0.3) is 0 Å². The van der Waals surface area contributed by atoms with Crippen LogP contribution in [-0.2, 0) is 6.42 Å². The van der Waals surface area contributed by atoms with Crippen molar-refractivity contribution < 1.29 is 0 Å². The largest absolute Gasteiger partial charge is 0.310 e. The summed E-state index contributed by atoms with van der Waals surface area (Å²) >= 11 is 0. The molecule has 0 amide bonds. The van der Waals surface area contributed by atoms with Crippen LogP contribution >= 0.6 is 0 Å². The van der Waals surface area contributed by atoms with E-state index >= 15 is 0 Å². The highest BCUT2D eigenvalue weighted by molar-refractivity contribution is 6.10. The molecule has 7 rings (SSSR count). The summed E-state index contributed by atoms with van der Waals surface area (Å²) < 4.78 is 4.79. The Kier molecular flexibility index (Phi) is 13.8. The summed E-state index contributed by atoms with van der Waals surface area (Å²) in [5.74, 6) is 0. The summed E-state index contributed by atoms with van der Waals surface area (Å²) in [7, 11) is 0. The summed E-state index contributed by atoms with van der Waals surface area (Å²) in [4.78, 5) is 0. The van der Waals surface area contributed by atoms with E-state index in [1.807, 2.05) is 40.7 Å². The second-order valence-corrected chi connectivity index (χ2v) is 11.6. The van der Waals surface area contributed by atoms with Gasteiger partial charge in [-0.1, -0.05) is 132 Å². The Morgan fingerprint density at radius 1 is 0.549 bits per heavy atom. The molecular formula is C49H54N2. The molecule has 0 radical (unpaired) electrons. The Labute approximate surface area is 306 Å². The first-order valence-electron chi connectivity index (χ1n) is 18.4. The summed E-state index contributed by atoms with van der Waals surface area (Å²) in [6, 6.07) is 39.8. The Balaban J connectivity index is 0.000000780. The van der Waals surface area contributed by atoms with Gasteiger partial charge in [0.05, 0.1) is 16.7 Å². The summed E-state index contributed by atoms with van der Waals surface area (Å²) in [6.07, 6.45) is 13.4. The molecule has 0 aliphatic carbocycles. The number of benzene rings is 5. The van der Waals surface area contributed by atoms with Crippen LogP contribution in [0.4, 0.5) is 0 Å². The van der Waals surface area contributed by atoms with Gasteiger partial charge in [0.1, 0.15) is 0 Å². The molecule has 7 aromatic rings. The highest BCUT2D eigenvalue weighted by atomic mass is 15.0. The van der Waals surface area contributed by atoms with Crippen molar-refractivity contribution in [2.75, 3.05) is 0 Å². The van der Waals surface area contributed by atoms with Crippen LogP contribution in [0.15, 0.2) is 141 Å². The fourth-order valence-corrected chi connectivity index (χ4v) is 6.78. The number of aromatic nitrogens is 2. The molecule has 2 heteroatoms. The highest BCUT2D eigenvalue weighted by Gasteiger charge is 2.20. The van der Waals surface area contributed by atoms with Crippen LogP contribution in [0.1, 0.15) is 77.9 Å². The van der Waals surface area contributed by atoms with Crippen LogP contribution in [0.3, 0.4) is 0 Å². The smallest absolute Gasteiger partial charge is 0.0542 e. The second-order valence-electron chi connectivity index (χ2n) is 11.6. The van der Waals surface area contributed by atoms with Gasteiger partial charge in [-0.3, -0.25) is 0 Å². The SMILES string of the molecule is C=CC.C=Cc1c(CC)c(/C=C\C)n(-c2ccc3c(c2)c2ccccc2n3-c2cccc(-c3ccc4ccccc4c3)c2)c1/C=C\C.CC.CC. The molecule has 0 unspecified atom stereocenters. The van der Waals surface area contributed by atoms with Crippen LogP contribution in [0, 0.1) is 0 Å². The number of allylic oxidation sites excluding steroid dienone is 3. The minimum Gasteiger partial charge on any atom is -0.310 e. The van der Waals surface area contributed by atoms with Gasteiger partial charge < -0.3 is 9.13 Å². The quantitative estimate of drug-likeness (QED) is 0.149. The number of hydrogen-bond acceptors (Lipinski definition) is 0. The standard InChI is InChI=1S/C42H36N2.C3H6.2C2H6/c1-5-14-39-35(7-3)36(8-4)40(15-6-2)44(39)34-24-25-42-38(28-34)37-20-11-12-21-41(37)43(42)33-19-13-18-31(27-33)32-23-22-29-16-9-10-17-30(29)26-32;1-3-2;2*1-2/h5-7,9-28H,3,8H2,1-2,4H3;3H,1H2,2H3;2*1-2H3/b14-5-,15-6-;;;. The van der Waals surface area contributed by atoms with Gasteiger partial charge in [-0.15, -0.1) is 6.58 Å². The molecule has 0 atom stereocenters. The molecule has 2 aromatic heterocycles. The minimum atomic E-state index is 0.938. The van der Waals surface area contributed by atoms with Crippen molar-refractivity contribution in [3.05, 3.63) is 163 Å². The van der Waals surface area contributed by atoms with Crippen molar-refractivity contribution in [2.45, 2.75) is 61.8 Å². The molecule has 0 bridgehead atoms. The molecule has 0 saturated carbocycles. The average Bonchev–Trinajstić information content (AvgIpc) is 3.68. The molecule has 260 valence electrons. The normalized spacial score (nSPS) is 10.8. The number of fused-ring (bicyclic) bond motifs is 4. The maximum Gasteiger partial charge on any atom is 0.0542 e. The lowest BCUT2D eigenvalue weighted by atomic mass is 10.0. The lowest BCUT2D eigenvalue weighted by molar-refractivity contribution is 1.02. The van der Waals surface area contributed by atoms with Crippen LogP contribution in [0.25, 0.3) is 73.3 Å². The van der Waals surface area contributed by atoms with Crippen molar-refractivity contribution in [1.82, 2.24) is 9.13 Å². The maximum atomic E-state index is 4.19. The first-order valence-corrected chi connectivity index (χ1v) is 18.4. The Bertz CT molecular complexity index is 2300. The van der Waals surface area contributed by atoms with E-state index in [0.29, 0.717) is 0 Å². The third-order valence-corrected chi connectivity index (χ3v) is 8.70. The lowest BCUT2D eigenvalue weighted by Crippen LogP contribution is -2.00. The van der Waals surface area contributed by atoms with Crippen molar-refractivity contribution in [2.24, 2.45) is 0 Å². The highest BCUT2D eigenvalue weighted by Crippen LogP contribution is 2.37. The first kappa shape index (κ1) is 38.2. The zero-order chi connectivity index (χ0) is 36.9. The van der Waals surface area contributed by atoms with E-state index in [0.717, 1.165) is 17.8 Å². The molecular weight excluding hydrogens is 617 g/mol. The van der Waals surface area contributed by atoms with E-state index in [-0.39, 0.29) is 0 Å². The second kappa shape index (κ2) is 18.4. The Morgan fingerprint density at radius 3 is 1.84 bits per heavy atom. The fourth-order valence-electron chi connectivity index (χ4n) is 6.78. The average molecular weight is 671 g/mol. The molecule has 0 aliphatic rings. The van der Waals surface area contributed by atoms with E-state index in [2.05, 4.69) is 177 Å². The van der Waals surface area contributed by atoms with Gasteiger partial charge in [-0.05, 0) is 109 Å².